The zero-order chi connectivity index (χ0) is 22.6. The molecule has 0 spiro atoms. The van der Waals surface area contributed by atoms with Gasteiger partial charge in [0.15, 0.2) is 5.78 Å². The maximum atomic E-state index is 14.3. The Kier molecular flexibility index (Phi) is 6.62. The van der Waals surface area contributed by atoms with Crippen molar-refractivity contribution < 1.29 is 22.4 Å². The van der Waals surface area contributed by atoms with Crippen molar-refractivity contribution >= 4 is 21.7 Å². The molecule has 0 radical (unpaired) electrons. The average Bonchev–Trinajstić information content (AvgIpc) is 3.27. The van der Waals surface area contributed by atoms with Crippen LogP contribution in [0, 0.1) is 5.82 Å². The number of sulfonamides is 1. The topological polar surface area (TPSA) is 101 Å². The molecule has 1 amide bonds. The monoisotopic (exact) mass is 444 g/mol. The van der Waals surface area contributed by atoms with Gasteiger partial charge in [0.1, 0.15) is 5.82 Å². The predicted molar refractivity (Wildman–Crippen MR) is 112 cm³/mol. The van der Waals surface area contributed by atoms with E-state index in [1.54, 1.807) is 18.3 Å². The van der Waals surface area contributed by atoms with E-state index in [1.807, 2.05) is 0 Å². The lowest BCUT2D eigenvalue weighted by atomic mass is 10.2. The van der Waals surface area contributed by atoms with Crippen LogP contribution < -0.4 is 5.32 Å². The summed E-state index contributed by atoms with van der Waals surface area (Å²) in [6.45, 7) is 1.02. The Morgan fingerprint density at radius 2 is 1.87 bits per heavy atom. The summed E-state index contributed by atoms with van der Waals surface area (Å²) in [4.78, 5) is 27.4. The summed E-state index contributed by atoms with van der Waals surface area (Å²) < 4.78 is 42.0. The van der Waals surface area contributed by atoms with Crippen LogP contribution in [-0.4, -0.2) is 47.6 Å². The lowest BCUT2D eigenvalue weighted by Crippen LogP contribution is -2.38. The molecule has 0 atom stereocenters. The highest BCUT2D eigenvalue weighted by Gasteiger charge is 2.23. The number of nitrogens with one attached hydrogen (secondary N) is 1. The summed E-state index contributed by atoms with van der Waals surface area (Å²) in [5.74, 6) is -1.19. The van der Waals surface area contributed by atoms with Crippen LogP contribution in [0.5, 0.6) is 0 Å². The van der Waals surface area contributed by atoms with E-state index in [2.05, 4.69) is 10.3 Å². The third kappa shape index (κ3) is 5.22. The van der Waals surface area contributed by atoms with Crippen LogP contribution in [0.1, 0.15) is 22.8 Å². The zero-order valence-corrected chi connectivity index (χ0v) is 17.8. The zero-order valence-electron chi connectivity index (χ0n) is 16.9. The number of carbonyl (C=O) groups excluding carboxylic acids is 2. The van der Waals surface area contributed by atoms with Crippen molar-refractivity contribution in [2.45, 2.75) is 18.4 Å². The highest BCUT2D eigenvalue weighted by Crippen LogP contribution is 2.16. The second-order valence-corrected chi connectivity index (χ2v) is 8.92. The van der Waals surface area contributed by atoms with Crippen molar-refractivity contribution in [3.8, 4) is 5.69 Å². The van der Waals surface area contributed by atoms with Gasteiger partial charge in [0.2, 0.25) is 15.9 Å². The Hall–Kier alpha value is -3.37. The van der Waals surface area contributed by atoms with E-state index in [-0.39, 0.29) is 17.2 Å². The number of rotatable bonds is 8. The van der Waals surface area contributed by atoms with Gasteiger partial charge in [-0.1, -0.05) is 18.2 Å². The molecule has 8 nitrogen and oxygen atoms in total. The van der Waals surface area contributed by atoms with Gasteiger partial charge in [-0.05, 0) is 36.8 Å². The fourth-order valence-electron chi connectivity index (χ4n) is 2.86. The molecule has 1 N–H and O–H groups in total. The molecule has 3 aromatic rings. The van der Waals surface area contributed by atoms with Gasteiger partial charge in [-0.25, -0.2) is 17.8 Å². The number of nitrogens with zero attached hydrogens (tertiary/aromatic N) is 3. The molecular formula is C21H21FN4O4S. The molecule has 0 aliphatic heterocycles. The van der Waals surface area contributed by atoms with E-state index in [9.17, 15) is 22.4 Å². The Morgan fingerprint density at radius 3 is 2.45 bits per heavy atom. The van der Waals surface area contributed by atoms with Crippen molar-refractivity contribution in [2.24, 2.45) is 0 Å². The molecular weight excluding hydrogens is 423 g/mol. The lowest BCUT2D eigenvalue weighted by Gasteiger charge is -2.17. The minimum absolute atomic E-state index is 0.0232. The van der Waals surface area contributed by atoms with Crippen molar-refractivity contribution in [1.29, 1.82) is 0 Å². The summed E-state index contributed by atoms with van der Waals surface area (Å²) in [6.07, 6.45) is 4.63. The third-order valence-electron chi connectivity index (χ3n) is 4.62. The molecule has 0 saturated carbocycles. The van der Waals surface area contributed by atoms with E-state index in [4.69, 9.17) is 0 Å². The number of Topliss-reactive ketones (excluding diaryl/α,β-unsaturated/α-hetero) is 1. The van der Waals surface area contributed by atoms with Crippen LogP contribution in [0.4, 0.5) is 4.39 Å². The van der Waals surface area contributed by atoms with Gasteiger partial charge in [-0.3, -0.25) is 9.59 Å². The fourth-order valence-corrected chi connectivity index (χ4v) is 3.98. The summed E-state index contributed by atoms with van der Waals surface area (Å²) in [7, 11) is -2.62. The molecule has 162 valence electrons. The van der Waals surface area contributed by atoms with Gasteiger partial charge >= 0.3 is 0 Å². The fraction of sp³-hybridized carbons (Fsp3) is 0.190. The predicted octanol–water partition coefficient (Wildman–Crippen LogP) is 2.15. The Morgan fingerprint density at radius 1 is 1.16 bits per heavy atom. The number of benzene rings is 2. The van der Waals surface area contributed by atoms with Gasteiger partial charge < -0.3 is 9.88 Å². The van der Waals surface area contributed by atoms with Crippen LogP contribution >= 0.6 is 0 Å². The van der Waals surface area contributed by atoms with E-state index in [0.29, 0.717) is 16.8 Å². The molecule has 0 unspecified atom stereocenters. The molecule has 1 aromatic heterocycles. The largest absolute Gasteiger partial charge is 0.351 e. The van der Waals surface area contributed by atoms with Crippen LogP contribution in [0.15, 0.2) is 66.1 Å². The van der Waals surface area contributed by atoms with Crippen molar-refractivity contribution in [3.05, 3.63) is 78.1 Å². The number of halogens is 1. The molecule has 0 aliphatic carbocycles. The first-order valence-electron chi connectivity index (χ1n) is 9.29. The molecule has 3 rings (SSSR count). The summed E-state index contributed by atoms with van der Waals surface area (Å²) in [6, 6.07) is 10.0. The molecule has 0 fully saturated rings. The average molecular weight is 444 g/mol. The van der Waals surface area contributed by atoms with Crippen LogP contribution in [0.3, 0.4) is 0 Å². The normalized spacial score (nSPS) is 11.5. The maximum Gasteiger partial charge on any atom is 0.243 e. The highest BCUT2D eigenvalue weighted by molar-refractivity contribution is 7.89. The minimum atomic E-state index is -3.90. The van der Waals surface area contributed by atoms with Crippen molar-refractivity contribution in [1.82, 2.24) is 19.2 Å². The summed E-state index contributed by atoms with van der Waals surface area (Å²) in [5.41, 5.74) is 1.25. The second-order valence-electron chi connectivity index (χ2n) is 6.87. The van der Waals surface area contributed by atoms with Gasteiger partial charge in [0, 0.05) is 31.5 Å². The van der Waals surface area contributed by atoms with Crippen molar-refractivity contribution in [3.63, 3.8) is 0 Å². The molecule has 0 saturated heterocycles. The summed E-state index contributed by atoms with van der Waals surface area (Å²) >= 11 is 0. The van der Waals surface area contributed by atoms with Gasteiger partial charge in [-0.2, -0.15) is 4.31 Å². The minimum Gasteiger partial charge on any atom is -0.351 e. The van der Waals surface area contributed by atoms with Crippen LogP contribution in [0.2, 0.25) is 0 Å². The van der Waals surface area contributed by atoms with Crippen molar-refractivity contribution in [2.75, 3.05) is 13.6 Å². The molecule has 1 heterocycles. The second kappa shape index (κ2) is 9.19. The number of amides is 1. The SMILES string of the molecule is CC(=O)c1ccc(S(=O)(=O)N(C)CC(=O)NCc2ccc(-n3ccnc3)c(F)c2)cc1. The van der Waals surface area contributed by atoms with Gasteiger partial charge in [0.05, 0.1) is 23.5 Å². The smallest absolute Gasteiger partial charge is 0.243 e. The maximum absolute atomic E-state index is 14.3. The Balaban J connectivity index is 1.60. The van der Waals surface area contributed by atoms with E-state index < -0.39 is 28.3 Å². The molecule has 0 bridgehead atoms. The number of carbonyl (C=O) groups is 2. The summed E-state index contributed by atoms with van der Waals surface area (Å²) in [5, 5.41) is 2.58. The molecule has 10 heteroatoms. The molecule has 2 aromatic carbocycles. The van der Waals surface area contributed by atoms with Crippen LogP contribution in [-0.2, 0) is 21.4 Å². The van der Waals surface area contributed by atoms with E-state index in [1.165, 1.54) is 61.4 Å². The Labute approximate surface area is 179 Å². The van der Waals surface area contributed by atoms with Crippen LogP contribution in [0.25, 0.3) is 5.69 Å². The van der Waals surface area contributed by atoms with Gasteiger partial charge in [-0.15, -0.1) is 0 Å². The molecule has 31 heavy (non-hydrogen) atoms. The van der Waals surface area contributed by atoms with Gasteiger partial charge in [0.25, 0.3) is 0 Å². The number of hydrogen-bond donors (Lipinski definition) is 1. The first kappa shape index (κ1) is 22.3. The quantitative estimate of drug-likeness (QED) is 0.537. The number of aromatic nitrogens is 2. The highest BCUT2D eigenvalue weighted by atomic mass is 32.2. The Bertz CT molecular complexity index is 1190. The lowest BCUT2D eigenvalue weighted by molar-refractivity contribution is -0.121. The standard InChI is InChI=1S/C21H21FN4O4S/c1-15(27)17-4-6-18(7-5-17)31(29,30)25(2)13-21(28)24-12-16-3-8-20(19(22)11-16)26-10-9-23-14-26/h3-11,14H,12-13H2,1-2H3,(H,24,28). The first-order valence-corrected chi connectivity index (χ1v) is 10.7. The first-order chi connectivity index (χ1) is 14.7. The molecule has 0 aliphatic rings. The number of hydrogen-bond acceptors (Lipinski definition) is 5. The van der Waals surface area contributed by atoms with E-state index >= 15 is 0 Å². The van der Waals surface area contributed by atoms with E-state index in [0.717, 1.165) is 4.31 Å². The number of imidazole rings is 1. The third-order valence-corrected chi connectivity index (χ3v) is 6.44. The number of likely N-dealkylation sites (N-methyl/N-ethyl adjacent to an activating group) is 1. The number of ketones is 1.